The number of carboxylic acid groups (broad SMARTS) is 1. The number of rotatable bonds is 8. The Balaban J connectivity index is 2.32. The highest BCUT2D eigenvalue weighted by molar-refractivity contribution is 8.00. The average molecular weight is 274 g/mol. The minimum atomic E-state index is -0.987. The molecule has 0 aromatic rings. The molecule has 0 spiro atoms. The smallest absolute Gasteiger partial charge is 0.324 e. The van der Waals surface area contributed by atoms with E-state index in [4.69, 9.17) is 0 Å². The molecule has 1 aliphatic rings. The van der Waals surface area contributed by atoms with Crippen LogP contribution >= 0.6 is 11.8 Å². The van der Waals surface area contributed by atoms with Crippen LogP contribution < -0.4 is 10.6 Å². The monoisotopic (exact) mass is 274 g/mol. The molecule has 5 nitrogen and oxygen atoms in total. The summed E-state index contributed by atoms with van der Waals surface area (Å²) in [4.78, 5) is 22.7. The molecule has 1 fully saturated rings. The van der Waals surface area contributed by atoms with E-state index in [-0.39, 0.29) is 11.9 Å². The Bertz CT molecular complexity index is 318. The van der Waals surface area contributed by atoms with Crippen LogP contribution in [0.4, 0.5) is 0 Å². The Labute approximate surface area is 112 Å². The zero-order valence-corrected chi connectivity index (χ0v) is 12.0. The first-order valence-electron chi connectivity index (χ1n) is 6.21. The van der Waals surface area contributed by atoms with Crippen LogP contribution in [0.5, 0.6) is 0 Å². The van der Waals surface area contributed by atoms with E-state index in [2.05, 4.69) is 10.6 Å². The van der Waals surface area contributed by atoms with Crippen molar-refractivity contribution in [3.8, 4) is 0 Å². The topological polar surface area (TPSA) is 78.4 Å². The van der Waals surface area contributed by atoms with E-state index in [0.29, 0.717) is 17.5 Å². The lowest BCUT2D eigenvalue weighted by Crippen LogP contribution is -2.54. The molecule has 1 amide bonds. The molecule has 3 N–H and O–H groups in total. The van der Waals surface area contributed by atoms with Crippen molar-refractivity contribution in [2.24, 2.45) is 0 Å². The van der Waals surface area contributed by atoms with Crippen molar-refractivity contribution in [2.45, 2.75) is 51.2 Å². The maximum absolute atomic E-state index is 11.5. The van der Waals surface area contributed by atoms with Crippen LogP contribution in [0.3, 0.4) is 0 Å². The first-order valence-corrected chi connectivity index (χ1v) is 7.37. The van der Waals surface area contributed by atoms with Crippen LogP contribution in [0.25, 0.3) is 0 Å². The highest BCUT2D eigenvalue weighted by Gasteiger charge is 2.33. The fraction of sp³-hybridized carbons (Fsp3) is 0.833. The largest absolute Gasteiger partial charge is 0.480 e. The molecule has 0 aromatic carbocycles. The van der Waals surface area contributed by atoms with Gasteiger partial charge in [-0.25, -0.2) is 0 Å². The highest BCUT2D eigenvalue weighted by Crippen LogP contribution is 2.19. The van der Waals surface area contributed by atoms with Crippen LogP contribution in [-0.4, -0.2) is 46.1 Å². The summed E-state index contributed by atoms with van der Waals surface area (Å²) in [5.41, 5.74) is -0.987. The van der Waals surface area contributed by atoms with Crippen LogP contribution in [0.1, 0.15) is 33.6 Å². The standard InChI is InChI=1S/C12H22N2O3S/c1-8(2)14-12(3,11(16)17)7-18-6-10(15)13-9-4-5-9/h8-9,14H,4-7H2,1-3H3,(H,13,15)(H,16,17). The molecule has 1 atom stereocenters. The highest BCUT2D eigenvalue weighted by atomic mass is 32.2. The third-order valence-corrected chi connectivity index (χ3v) is 3.89. The summed E-state index contributed by atoms with van der Waals surface area (Å²) in [6, 6.07) is 0.449. The van der Waals surface area contributed by atoms with Crippen molar-refractivity contribution >= 4 is 23.6 Å². The number of thioether (sulfide) groups is 1. The molecule has 1 rings (SSSR count). The second-order valence-corrected chi connectivity index (χ2v) is 6.26. The number of carbonyl (C=O) groups excluding carboxylic acids is 1. The van der Waals surface area contributed by atoms with E-state index in [1.807, 2.05) is 13.8 Å². The van der Waals surface area contributed by atoms with Crippen molar-refractivity contribution < 1.29 is 14.7 Å². The quantitative estimate of drug-likeness (QED) is 0.611. The lowest BCUT2D eigenvalue weighted by Gasteiger charge is -2.28. The average Bonchev–Trinajstić information content (AvgIpc) is 3.00. The van der Waals surface area contributed by atoms with Crippen LogP contribution in [0.2, 0.25) is 0 Å². The number of nitrogens with one attached hydrogen (secondary N) is 2. The fourth-order valence-corrected chi connectivity index (χ4v) is 2.63. The lowest BCUT2D eigenvalue weighted by atomic mass is 10.1. The Morgan fingerprint density at radius 2 is 2.06 bits per heavy atom. The zero-order chi connectivity index (χ0) is 13.8. The molecule has 0 radical (unpaired) electrons. The van der Waals surface area contributed by atoms with Gasteiger partial charge in [0.25, 0.3) is 0 Å². The van der Waals surface area contributed by atoms with Gasteiger partial charge in [0.1, 0.15) is 5.54 Å². The summed E-state index contributed by atoms with van der Waals surface area (Å²) in [5, 5.41) is 15.1. The molecule has 1 unspecified atom stereocenters. The van der Waals surface area contributed by atoms with Gasteiger partial charge < -0.3 is 10.4 Å². The molecule has 1 aliphatic carbocycles. The maximum Gasteiger partial charge on any atom is 0.324 e. The first kappa shape index (κ1) is 15.3. The van der Waals surface area contributed by atoms with E-state index in [0.717, 1.165) is 12.8 Å². The van der Waals surface area contributed by atoms with E-state index < -0.39 is 11.5 Å². The van der Waals surface area contributed by atoms with Gasteiger partial charge in [-0.2, -0.15) is 0 Å². The Morgan fingerprint density at radius 3 is 2.50 bits per heavy atom. The second-order valence-electron chi connectivity index (χ2n) is 5.27. The molecule has 104 valence electrons. The number of hydrogen-bond donors (Lipinski definition) is 3. The number of hydrogen-bond acceptors (Lipinski definition) is 4. The van der Waals surface area contributed by atoms with Gasteiger partial charge in [0.05, 0.1) is 5.75 Å². The summed E-state index contributed by atoms with van der Waals surface area (Å²) in [6.07, 6.45) is 2.14. The van der Waals surface area contributed by atoms with Gasteiger partial charge in [-0.15, -0.1) is 11.8 Å². The summed E-state index contributed by atoms with van der Waals surface area (Å²) in [5.74, 6) is -0.191. The van der Waals surface area contributed by atoms with Gasteiger partial charge >= 0.3 is 5.97 Å². The van der Waals surface area contributed by atoms with Gasteiger partial charge in [0.15, 0.2) is 0 Å². The van der Waals surface area contributed by atoms with Gasteiger partial charge in [-0.3, -0.25) is 14.9 Å². The molecule has 0 aliphatic heterocycles. The Kier molecular flexibility index (Phi) is 5.47. The van der Waals surface area contributed by atoms with Crippen molar-refractivity contribution in [3.63, 3.8) is 0 Å². The predicted octanol–water partition coefficient (Wildman–Crippen LogP) is 0.839. The molecular weight excluding hydrogens is 252 g/mol. The molecule has 1 saturated carbocycles. The number of aliphatic carboxylic acids is 1. The van der Waals surface area contributed by atoms with Crippen molar-refractivity contribution in [1.29, 1.82) is 0 Å². The third kappa shape index (κ3) is 5.27. The SMILES string of the molecule is CC(C)NC(C)(CSCC(=O)NC1CC1)C(=O)O. The van der Waals surface area contributed by atoms with E-state index in [1.54, 1.807) is 6.92 Å². The number of amides is 1. The predicted molar refractivity (Wildman–Crippen MR) is 72.8 cm³/mol. The molecule has 18 heavy (non-hydrogen) atoms. The summed E-state index contributed by atoms with van der Waals surface area (Å²) in [7, 11) is 0. The normalized spacial score (nSPS) is 18.4. The minimum absolute atomic E-state index is 0.000198. The lowest BCUT2D eigenvalue weighted by molar-refractivity contribution is -0.143. The van der Waals surface area contributed by atoms with E-state index in [9.17, 15) is 14.7 Å². The van der Waals surface area contributed by atoms with Gasteiger partial charge in [0, 0.05) is 17.8 Å². The zero-order valence-electron chi connectivity index (χ0n) is 11.2. The van der Waals surface area contributed by atoms with Gasteiger partial charge in [-0.1, -0.05) is 0 Å². The molecule has 0 aromatic heterocycles. The van der Waals surface area contributed by atoms with Crippen LogP contribution in [0.15, 0.2) is 0 Å². The van der Waals surface area contributed by atoms with E-state index >= 15 is 0 Å². The maximum atomic E-state index is 11.5. The fourth-order valence-electron chi connectivity index (χ4n) is 1.65. The summed E-state index contributed by atoms with van der Waals surface area (Å²) in [6.45, 7) is 5.47. The summed E-state index contributed by atoms with van der Waals surface area (Å²) < 4.78 is 0. The minimum Gasteiger partial charge on any atom is -0.480 e. The van der Waals surface area contributed by atoms with Crippen LogP contribution in [0, 0.1) is 0 Å². The number of carbonyl (C=O) groups is 2. The van der Waals surface area contributed by atoms with Crippen molar-refractivity contribution in [1.82, 2.24) is 10.6 Å². The molecule has 0 saturated heterocycles. The molecule has 0 bridgehead atoms. The second kappa shape index (κ2) is 6.43. The third-order valence-electron chi connectivity index (χ3n) is 2.65. The van der Waals surface area contributed by atoms with Gasteiger partial charge in [0.2, 0.25) is 5.91 Å². The molecule has 6 heteroatoms. The molecular formula is C12H22N2O3S. The molecule has 0 heterocycles. The first-order chi connectivity index (χ1) is 8.33. The van der Waals surface area contributed by atoms with Gasteiger partial charge in [-0.05, 0) is 33.6 Å². The Morgan fingerprint density at radius 1 is 1.44 bits per heavy atom. The van der Waals surface area contributed by atoms with Crippen LogP contribution in [-0.2, 0) is 9.59 Å². The van der Waals surface area contributed by atoms with Crippen molar-refractivity contribution in [2.75, 3.05) is 11.5 Å². The van der Waals surface area contributed by atoms with Crippen molar-refractivity contribution in [3.05, 3.63) is 0 Å². The summed E-state index contributed by atoms with van der Waals surface area (Å²) >= 11 is 1.35. The number of carboxylic acids is 1. The van der Waals surface area contributed by atoms with E-state index in [1.165, 1.54) is 11.8 Å². The Hall–Kier alpha value is -0.750.